The van der Waals surface area contributed by atoms with Gasteiger partial charge in [0.15, 0.2) is 16.7 Å². The second-order valence-corrected chi connectivity index (χ2v) is 8.01. The van der Waals surface area contributed by atoms with Crippen LogP contribution in [0.5, 0.6) is 5.75 Å². The number of nitrogens with zero attached hydrogens (tertiary/aromatic N) is 3. The number of amides is 1. The summed E-state index contributed by atoms with van der Waals surface area (Å²) in [6.45, 7) is 0. The Labute approximate surface area is 192 Å². The molecule has 0 fully saturated rings. The van der Waals surface area contributed by atoms with E-state index in [1.54, 1.807) is 36.0 Å². The second kappa shape index (κ2) is 8.76. The first-order valence-corrected chi connectivity index (χ1v) is 10.9. The Morgan fingerprint density at radius 2 is 1.79 bits per heavy atom. The Morgan fingerprint density at radius 1 is 0.970 bits per heavy atom. The molecule has 0 bridgehead atoms. The topological polar surface area (TPSA) is 77.0 Å². The van der Waals surface area contributed by atoms with Gasteiger partial charge in [0.1, 0.15) is 0 Å². The molecule has 0 aliphatic carbocycles. The van der Waals surface area contributed by atoms with Gasteiger partial charge in [-0.05, 0) is 42.5 Å². The highest BCUT2D eigenvalue weighted by Gasteiger charge is 2.16. The standard InChI is InChI=1S/C25H17FN4O2S/c1-32-23-7-6-16(12-19(23)26)22-14-33-25(29-22)30-24(31)18-13-21(15-8-10-27-11-9-15)28-20-5-3-2-4-17(18)20/h2-14H,1H3,(H,29,30,31). The van der Waals surface area contributed by atoms with Crippen molar-refractivity contribution >= 4 is 33.3 Å². The van der Waals surface area contributed by atoms with Crippen molar-refractivity contribution in [1.82, 2.24) is 15.0 Å². The second-order valence-electron chi connectivity index (χ2n) is 7.15. The third-order valence-electron chi connectivity index (χ3n) is 5.11. The number of carbonyl (C=O) groups is 1. The molecule has 0 saturated heterocycles. The molecule has 3 aromatic heterocycles. The molecule has 1 N–H and O–H groups in total. The minimum absolute atomic E-state index is 0.164. The first-order chi connectivity index (χ1) is 16.1. The number of thiazole rings is 1. The van der Waals surface area contributed by atoms with Crippen molar-refractivity contribution in [2.24, 2.45) is 0 Å². The summed E-state index contributed by atoms with van der Waals surface area (Å²) in [7, 11) is 1.41. The van der Waals surface area contributed by atoms with Gasteiger partial charge >= 0.3 is 0 Å². The molecule has 6 nitrogen and oxygen atoms in total. The Kier molecular flexibility index (Phi) is 5.50. The van der Waals surface area contributed by atoms with Crippen LogP contribution in [0, 0.1) is 5.82 Å². The Morgan fingerprint density at radius 3 is 2.58 bits per heavy atom. The van der Waals surface area contributed by atoms with Gasteiger partial charge in [-0.1, -0.05) is 18.2 Å². The third kappa shape index (κ3) is 4.16. The summed E-state index contributed by atoms with van der Waals surface area (Å²) in [5.74, 6) is -0.608. The van der Waals surface area contributed by atoms with Crippen LogP contribution < -0.4 is 10.1 Å². The van der Waals surface area contributed by atoms with Gasteiger partial charge in [-0.25, -0.2) is 14.4 Å². The van der Waals surface area contributed by atoms with Crippen molar-refractivity contribution in [3.8, 4) is 28.3 Å². The van der Waals surface area contributed by atoms with Gasteiger partial charge in [-0.3, -0.25) is 15.1 Å². The van der Waals surface area contributed by atoms with E-state index in [0.717, 1.165) is 10.9 Å². The fourth-order valence-electron chi connectivity index (χ4n) is 3.49. The van der Waals surface area contributed by atoms with Gasteiger partial charge in [-0.2, -0.15) is 0 Å². The fourth-order valence-corrected chi connectivity index (χ4v) is 4.20. The average Bonchev–Trinajstić information content (AvgIpc) is 3.32. The number of pyridine rings is 2. The quantitative estimate of drug-likeness (QED) is 0.361. The maximum Gasteiger partial charge on any atom is 0.258 e. The van der Waals surface area contributed by atoms with Crippen molar-refractivity contribution in [3.63, 3.8) is 0 Å². The van der Waals surface area contributed by atoms with Crippen LogP contribution in [-0.2, 0) is 0 Å². The lowest BCUT2D eigenvalue weighted by Crippen LogP contribution is -2.13. The van der Waals surface area contributed by atoms with E-state index >= 15 is 0 Å². The number of benzene rings is 2. The van der Waals surface area contributed by atoms with E-state index in [2.05, 4.69) is 15.3 Å². The molecule has 2 aromatic carbocycles. The maximum atomic E-state index is 14.1. The molecule has 5 rings (SSSR count). The predicted molar refractivity (Wildman–Crippen MR) is 127 cm³/mol. The number of fused-ring (bicyclic) bond motifs is 1. The lowest BCUT2D eigenvalue weighted by molar-refractivity contribution is 0.102. The van der Waals surface area contributed by atoms with Crippen LogP contribution in [-0.4, -0.2) is 28.0 Å². The fraction of sp³-hybridized carbons (Fsp3) is 0.0400. The van der Waals surface area contributed by atoms with E-state index in [1.807, 2.05) is 36.4 Å². The van der Waals surface area contributed by atoms with Crippen LogP contribution in [0.2, 0.25) is 0 Å². The third-order valence-corrected chi connectivity index (χ3v) is 5.87. The summed E-state index contributed by atoms with van der Waals surface area (Å²) in [5.41, 5.74) is 3.90. The van der Waals surface area contributed by atoms with Gasteiger partial charge in [0.05, 0.1) is 29.6 Å². The van der Waals surface area contributed by atoms with E-state index in [0.29, 0.717) is 33.2 Å². The van der Waals surface area contributed by atoms with E-state index in [4.69, 9.17) is 9.72 Å². The smallest absolute Gasteiger partial charge is 0.258 e. The van der Waals surface area contributed by atoms with Gasteiger partial charge < -0.3 is 4.74 Å². The number of rotatable bonds is 5. The van der Waals surface area contributed by atoms with E-state index in [-0.39, 0.29) is 11.7 Å². The van der Waals surface area contributed by atoms with Crippen LogP contribution in [0.1, 0.15) is 10.4 Å². The van der Waals surface area contributed by atoms with Crippen LogP contribution in [0.25, 0.3) is 33.4 Å². The molecule has 0 radical (unpaired) electrons. The summed E-state index contributed by atoms with van der Waals surface area (Å²) in [6, 6.07) is 17.6. The van der Waals surface area contributed by atoms with Gasteiger partial charge in [0, 0.05) is 34.3 Å². The lowest BCUT2D eigenvalue weighted by Gasteiger charge is -2.09. The number of carbonyl (C=O) groups excluding carboxylic acids is 1. The summed E-state index contributed by atoms with van der Waals surface area (Å²) < 4.78 is 19.0. The normalized spacial score (nSPS) is 10.8. The summed E-state index contributed by atoms with van der Waals surface area (Å²) in [4.78, 5) is 26.4. The Bertz CT molecular complexity index is 1470. The number of hydrogen-bond acceptors (Lipinski definition) is 6. The SMILES string of the molecule is COc1ccc(-c2csc(NC(=O)c3cc(-c4ccncc4)nc4ccccc34)n2)cc1F. The Hall–Kier alpha value is -4.17. The molecule has 0 aliphatic rings. The number of hydrogen-bond donors (Lipinski definition) is 1. The summed E-state index contributed by atoms with van der Waals surface area (Å²) in [6.07, 6.45) is 3.37. The summed E-state index contributed by atoms with van der Waals surface area (Å²) in [5, 5.41) is 5.79. The van der Waals surface area contributed by atoms with E-state index < -0.39 is 5.82 Å². The zero-order valence-corrected chi connectivity index (χ0v) is 18.3. The molecule has 5 aromatic rings. The lowest BCUT2D eigenvalue weighted by atomic mass is 10.0. The van der Waals surface area contributed by atoms with Crippen molar-refractivity contribution in [3.05, 3.63) is 89.8 Å². The first kappa shape index (κ1) is 20.7. The molecule has 0 spiro atoms. The maximum absolute atomic E-state index is 14.1. The zero-order valence-electron chi connectivity index (χ0n) is 17.4. The molecule has 0 saturated carbocycles. The Balaban J connectivity index is 1.47. The monoisotopic (exact) mass is 456 g/mol. The van der Waals surface area contributed by atoms with E-state index in [1.165, 1.54) is 24.5 Å². The predicted octanol–water partition coefficient (Wildman–Crippen LogP) is 5.82. The highest BCUT2D eigenvalue weighted by molar-refractivity contribution is 7.14. The van der Waals surface area contributed by atoms with Gasteiger partial charge in [0.2, 0.25) is 0 Å². The summed E-state index contributed by atoms with van der Waals surface area (Å²) >= 11 is 1.27. The van der Waals surface area contributed by atoms with Gasteiger partial charge in [-0.15, -0.1) is 11.3 Å². The molecule has 162 valence electrons. The number of aromatic nitrogens is 3. The molecule has 33 heavy (non-hydrogen) atoms. The molecular formula is C25H17FN4O2S. The largest absolute Gasteiger partial charge is 0.494 e. The number of para-hydroxylation sites is 1. The number of halogens is 1. The molecule has 0 atom stereocenters. The molecule has 8 heteroatoms. The first-order valence-electron chi connectivity index (χ1n) is 10.0. The van der Waals surface area contributed by atoms with Crippen molar-refractivity contribution in [2.45, 2.75) is 0 Å². The minimum atomic E-state index is -0.472. The number of nitrogens with one attached hydrogen (secondary N) is 1. The molecular weight excluding hydrogens is 439 g/mol. The number of ether oxygens (including phenoxy) is 1. The highest BCUT2D eigenvalue weighted by Crippen LogP contribution is 2.30. The highest BCUT2D eigenvalue weighted by atomic mass is 32.1. The minimum Gasteiger partial charge on any atom is -0.494 e. The molecule has 3 heterocycles. The molecule has 1 amide bonds. The average molecular weight is 457 g/mol. The van der Waals surface area contributed by atoms with Crippen molar-refractivity contribution < 1.29 is 13.9 Å². The van der Waals surface area contributed by atoms with Crippen LogP contribution >= 0.6 is 11.3 Å². The molecule has 0 unspecified atom stereocenters. The van der Waals surface area contributed by atoms with Crippen LogP contribution in [0.4, 0.5) is 9.52 Å². The number of anilines is 1. The van der Waals surface area contributed by atoms with Crippen molar-refractivity contribution in [1.29, 1.82) is 0 Å². The van der Waals surface area contributed by atoms with Crippen LogP contribution in [0.15, 0.2) is 78.4 Å². The molecule has 0 aliphatic heterocycles. The van der Waals surface area contributed by atoms with E-state index in [9.17, 15) is 9.18 Å². The van der Waals surface area contributed by atoms with Crippen molar-refractivity contribution in [2.75, 3.05) is 12.4 Å². The zero-order chi connectivity index (χ0) is 22.8. The van der Waals surface area contributed by atoms with Gasteiger partial charge in [0.25, 0.3) is 5.91 Å². The number of methoxy groups -OCH3 is 1. The van der Waals surface area contributed by atoms with Crippen LogP contribution in [0.3, 0.4) is 0 Å².